The molecule has 14 rings (SSSR count). The number of carbonyl (C=O) groups excluding carboxylic acids is 5. The summed E-state index contributed by atoms with van der Waals surface area (Å²) in [6, 6.07) is 42.6. The number of aromatic nitrogens is 9. The van der Waals surface area contributed by atoms with Crippen LogP contribution in [-0.4, -0.2) is 83.8 Å². The molecule has 0 saturated heterocycles. The van der Waals surface area contributed by atoms with E-state index in [1.165, 1.54) is 53.7 Å². The Balaban J connectivity index is 0.000000126. The minimum absolute atomic E-state index is 0.00795. The molecule has 0 N–H and O–H groups in total. The van der Waals surface area contributed by atoms with Crippen LogP contribution in [0.1, 0.15) is 68.9 Å². The van der Waals surface area contributed by atoms with Crippen LogP contribution in [0.3, 0.4) is 0 Å². The number of amides is 3. The van der Waals surface area contributed by atoms with Crippen LogP contribution in [0.25, 0.3) is 67.2 Å². The molecule has 418 valence electrons. The van der Waals surface area contributed by atoms with Gasteiger partial charge < -0.3 is 9.64 Å². The molecule has 11 aromatic rings. The summed E-state index contributed by atoms with van der Waals surface area (Å²) in [5, 5.41) is 13.5. The molecule has 0 saturated carbocycles. The molecule has 0 atom stereocenters. The van der Waals surface area contributed by atoms with Gasteiger partial charge in [-0.25, -0.2) is 27.7 Å². The summed E-state index contributed by atoms with van der Waals surface area (Å²) in [5.41, 5.74) is 11.9. The number of cyclic esters (lactones) is 2. The van der Waals surface area contributed by atoms with Crippen molar-refractivity contribution in [1.82, 2.24) is 54.1 Å². The fourth-order valence-electron chi connectivity index (χ4n) is 10.5. The molecule has 9 heterocycles. The van der Waals surface area contributed by atoms with E-state index in [0.29, 0.717) is 69.1 Å². The number of imide groups is 1. The molecule has 5 aromatic carbocycles. The lowest BCUT2D eigenvalue weighted by Crippen LogP contribution is -2.29. The summed E-state index contributed by atoms with van der Waals surface area (Å²) in [7, 11) is 5.34. The number of carbonyl (C=O) groups is 5. The second-order valence-corrected chi connectivity index (χ2v) is 20.1. The number of ether oxygens (including phenoxy) is 1. The van der Waals surface area contributed by atoms with Crippen LogP contribution in [0.15, 0.2) is 189 Å². The predicted octanol–water partition coefficient (Wildman–Crippen LogP) is 11.1. The first kappa shape index (κ1) is 54.3. The van der Waals surface area contributed by atoms with Crippen LogP contribution >= 0.6 is 0 Å². The van der Waals surface area contributed by atoms with Crippen LogP contribution in [0.5, 0.6) is 0 Å². The number of rotatable bonds is 10. The molecule has 0 spiro atoms. The van der Waals surface area contributed by atoms with Crippen molar-refractivity contribution in [2.24, 2.45) is 21.1 Å². The van der Waals surface area contributed by atoms with E-state index in [2.05, 4.69) is 35.0 Å². The fraction of sp³-hybridized carbons (Fsp3) is 0.0923. The van der Waals surface area contributed by atoms with Gasteiger partial charge in [-0.1, -0.05) is 60.7 Å². The monoisotopic (exact) mass is 1130 g/mol. The SMILES string of the molecule is Cn1cc(-c2ccnc3c2C(=O)N(Cc2ccccc2)C3)c(-c2ccc(F)cc2)n1.Cn1cc(-c2ccnc3c2C(=O)N(Cc2ccccc2)C3=O)c(-c2ccc(F)cc2)n1.Cn1cc(-c2ccnc3c2C(=O)OC3=O)c(-c2ccc(F)cc2)n1. The average Bonchev–Trinajstić information content (AvgIpc) is 3.10. The van der Waals surface area contributed by atoms with Crippen LogP contribution in [-0.2, 0) is 45.5 Å². The lowest BCUT2D eigenvalue weighted by molar-refractivity contribution is 0.0440. The van der Waals surface area contributed by atoms with Crippen molar-refractivity contribution >= 4 is 29.7 Å². The molecule has 3 aliphatic rings. The Labute approximate surface area is 482 Å². The van der Waals surface area contributed by atoms with Crippen molar-refractivity contribution in [2.75, 3.05) is 0 Å². The van der Waals surface area contributed by atoms with Gasteiger partial charge in [0, 0.05) is 115 Å². The summed E-state index contributed by atoms with van der Waals surface area (Å²) >= 11 is 0. The van der Waals surface area contributed by atoms with Gasteiger partial charge in [0.25, 0.3) is 17.7 Å². The summed E-state index contributed by atoms with van der Waals surface area (Å²) in [6.07, 6.45) is 10.1. The van der Waals surface area contributed by atoms with E-state index in [1.807, 2.05) is 84.9 Å². The van der Waals surface area contributed by atoms with E-state index in [-0.39, 0.29) is 58.3 Å². The zero-order valence-corrected chi connectivity index (χ0v) is 45.5. The molecule has 0 fully saturated rings. The average molecular weight is 1130 g/mol. The Kier molecular flexibility index (Phi) is 14.4. The third-order valence-electron chi connectivity index (χ3n) is 14.4. The van der Waals surface area contributed by atoms with Crippen molar-refractivity contribution in [3.05, 3.63) is 251 Å². The molecule has 6 aromatic heterocycles. The normalized spacial score (nSPS) is 13.0. The van der Waals surface area contributed by atoms with Crippen LogP contribution in [0, 0.1) is 17.5 Å². The zero-order valence-electron chi connectivity index (χ0n) is 45.5. The number of nitrogens with zero attached hydrogens (tertiary/aromatic N) is 11. The molecule has 0 radical (unpaired) electrons. The quantitative estimate of drug-likeness (QED) is 0.0716. The second-order valence-electron chi connectivity index (χ2n) is 20.1. The summed E-state index contributed by atoms with van der Waals surface area (Å²) in [6.45, 7) is 1.18. The van der Waals surface area contributed by atoms with Gasteiger partial charge in [0.1, 0.15) is 45.8 Å². The standard InChI is InChI=1S/C24H17FN4O2.C24H19FN4O.C17H10FN3O3/c1-28-14-19(21(27-28)16-7-9-17(25)10-8-16)18-11-12-26-22-20(18)23(30)29(24(22)31)13-15-5-3-2-4-6-15;1-28-14-20(23(27-28)17-7-9-18(25)10-8-17)19-11-12-26-21-15-29(24(30)22(19)21)13-16-5-3-2-4-6-16;1-21-8-12(14(20-21)9-2-4-10(18)5-3-9)11-6-7-19-15-13(11)16(22)24-17(15)23/h2-12,14H,13H2,1H3;2-12,14H,13,15H2,1H3;2-8H,1H3. The maximum atomic E-state index is 13.4. The first-order valence-corrected chi connectivity index (χ1v) is 26.5. The van der Waals surface area contributed by atoms with Crippen molar-refractivity contribution in [1.29, 1.82) is 0 Å². The molecular formula is C65H46F3N11O6. The fourth-order valence-corrected chi connectivity index (χ4v) is 10.5. The number of hydrogen-bond donors (Lipinski definition) is 0. The number of hydrogen-bond acceptors (Lipinski definition) is 12. The second kappa shape index (κ2) is 22.6. The van der Waals surface area contributed by atoms with Crippen molar-refractivity contribution in [2.45, 2.75) is 19.6 Å². The highest BCUT2D eigenvalue weighted by atomic mass is 19.1. The Morgan fingerprint density at radius 2 is 0.812 bits per heavy atom. The molecule has 17 nitrogen and oxygen atoms in total. The van der Waals surface area contributed by atoms with Crippen LogP contribution < -0.4 is 0 Å². The Bertz CT molecular complexity index is 4430. The molecule has 3 aliphatic heterocycles. The number of aryl methyl sites for hydroxylation is 3. The molecule has 20 heteroatoms. The largest absolute Gasteiger partial charge is 0.384 e. The molecule has 3 amide bonds. The van der Waals surface area contributed by atoms with Gasteiger partial charge in [-0.05, 0) is 102 Å². The van der Waals surface area contributed by atoms with Gasteiger partial charge in [0.15, 0.2) is 5.69 Å². The van der Waals surface area contributed by atoms with E-state index in [9.17, 15) is 37.1 Å². The molecule has 0 unspecified atom stereocenters. The summed E-state index contributed by atoms with van der Waals surface area (Å²) in [5.74, 6) is -3.33. The molecule has 0 bridgehead atoms. The molecule has 0 aliphatic carbocycles. The van der Waals surface area contributed by atoms with Crippen LogP contribution in [0.4, 0.5) is 13.2 Å². The summed E-state index contributed by atoms with van der Waals surface area (Å²) in [4.78, 5) is 78.9. The Morgan fingerprint density at radius 3 is 1.28 bits per heavy atom. The Hall–Kier alpha value is -11.3. The highest BCUT2D eigenvalue weighted by molar-refractivity contribution is 6.23. The van der Waals surface area contributed by atoms with Crippen molar-refractivity contribution in [3.8, 4) is 67.2 Å². The van der Waals surface area contributed by atoms with Gasteiger partial charge in [-0.2, -0.15) is 15.3 Å². The summed E-state index contributed by atoms with van der Waals surface area (Å²) < 4.78 is 49.5. The number of benzene rings is 5. The zero-order chi connectivity index (χ0) is 59.0. The predicted molar refractivity (Wildman–Crippen MR) is 306 cm³/mol. The van der Waals surface area contributed by atoms with Crippen LogP contribution in [0.2, 0.25) is 0 Å². The highest BCUT2D eigenvalue weighted by Gasteiger charge is 2.40. The number of fused-ring (bicyclic) bond motifs is 3. The third kappa shape index (κ3) is 10.7. The first-order chi connectivity index (χ1) is 41.2. The van der Waals surface area contributed by atoms with E-state index in [0.717, 1.165) is 33.5 Å². The van der Waals surface area contributed by atoms with Gasteiger partial charge >= 0.3 is 11.9 Å². The van der Waals surface area contributed by atoms with E-state index >= 15 is 0 Å². The lowest BCUT2D eigenvalue weighted by atomic mass is 9.97. The Morgan fingerprint density at radius 1 is 0.400 bits per heavy atom. The molecule has 85 heavy (non-hydrogen) atoms. The van der Waals surface area contributed by atoms with E-state index < -0.39 is 17.8 Å². The van der Waals surface area contributed by atoms with Gasteiger partial charge in [0.05, 0.1) is 29.9 Å². The smallest absolute Gasteiger partial charge is 0.365 e. The van der Waals surface area contributed by atoms with Crippen molar-refractivity contribution in [3.63, 3.8) is 0 Å². The first-order valence-electron chi connectivity index (χ1n) is 26.5. The topological polar surface area (TPSA) is 193 Å². The number of pyridine rings is 3. The molecular weight excluding hydrogens is 1090 g/mol. The van der Waals surface area contributed by atoms with Gasteiger partial charge in [-0.15, -0.1) is 0 Å². The maximum absolute atomic E-state index is 13.4. The van der Waals surface area contributed by atoms with Crippen molar-refractivity contribution < 1.29 is 41.9 Å². The number of esters is 2. The van der Waals surface area contributed by atoms with E-state index in [4.69, 9.17) is 0 Å². The minimum Gasteiger partial charge on any atom is -0.384 e. The minimum atomic E-state index is -0.760. The van der Waals surface area contributed by atoms with E-state index in [1.54, 1.807) is 95.3 Å². The van der Waals surface area contributed by atoms with Gasteiger partial charge in [-0.3, -0.25) is 43.3 Å². The maximum Gasteiger partial charge on any atom is 0.365 e. The lowest BCUT2D eigenvalue weighted by Gasteiger charge is -2.15. The third-order valence-corrected chi connectivity index (χ3v) is 14.4. The number of halogens is 3. The highest BCUT2D eigenvalue weighted by Crippen LogP contribution is 2.40. The van der Waals surface area contributed by atoms with Gasteiger partial charge in [0.2, 0.25) is 0 Å².